The first kappa shape index (κ1) is 16.7. The highest BCUT2D eigenvalue weighted by molar-refractivity contribution is 6.35. The molecule has 0 saturated heterocycles. The van der Waals surface area contributed by atoms with Crippen LogP contribution in [0.4, 0.5) is 0 Å². The lowest BCUT2D eigenvalue weighted by atomic mass is 10.1. The molecule has 8 heteroatoms. The fourth-order valence-electron chi connectivity index (χ4n) is 1.84. The van der Waals surface area contributed by atoms with Crippen LogP contribution in [0.25, 0.3) is 0 Å². The average molecular weight is 344 g/mol. The lowest BCUT2D eigenvalue weighted by molar-refractivity contribution is -0.121. The van der Waals surface area contributed by atoms with Crippen molar-refractivity contribution < 1.29 is 14.4 Å². The van der Waals surface area contributed by atoms with E-state index in [1.54, 1.807) is 25.1 Å². The molecule has 0 saturated carbocycles. The quantitative estimate of drug-likeness (QED) is 0.840. The highest BCUT2D eigenvalue weighted by atomic mass is 35.5. The maximum absolute atomic E-state index is 11.7. The second-order valence-corrected chi connectivity index (χ2v) is 5.56. The summed E-state index contributed by atoms with van der Waals surface area (Å²) in [4.78, 5) is 15.7. The van der Waals surface area contributed by atoms with Gasteiger partial charge < -0.3 is 14.9 Å². The second-order valence-electron chi connectivity index (χ2n) is 4.72. The Morgan fingerprint density at radius 1 is 1.45 bits per heavy atom. The molecule has 1 heterocycles. The van der Waals surface area contributed by atoms with Crippen molar-refractivity contribution in [3.8, 4) is 0 Å². The van der Waals surface area contributed by atoms with Crippen LogP contribution in [0.1, 0.15) is 29.8 Å². The Bertz CT molecular complexity index is 661. The third kappa shape index (κ3) is 4.69. The number of halogens is 2. The van der Waals surface area contributed by atoms with Gasteiger partial charge in [-0.1, -0.05) is 34.4 Å². The van der Waals surface area contributed by atoms with Crippen LogP contribution < -0.4 is 5.32 Å². The zero-order valence-electron chi connectivity index (χ0n) is 11.8. The van der Waals surface area contributed by atoms with Crippen LogP contribution in [0, 0.1) is 6.92 Å². The summed E-state index contributed by atoms with van der Waals surface area (Å²) in [7, 11) is 0. The summed E-state index contributed by atoms with van der Waals surface area (Å²) in [5, 5.41) is 17.2. The average Bonchev–Trinajstić information content (AvgIpc) is 2.88. The van der Waals surface area contributed by atoms with E-state index in [1.165, 1.54) is 0 Å². The van der Waals surface area contributed by atoms with E-state index in [0.717, 1.165) is 0 Å². The number of aryl methyl sites for hydroxylation is 2. The number of aliphatic hydroxyl groups excluding tert-OH is 1. The molecular weight excluding hydrogens is 329 g/mol. The van der Waals surface area contributed by atoms with Crippen molar-refractivity contribution in [1.82, 2.24) is 15.5 Å². The number of amides is 1. The maximum Gasteiger partial charge on any atom is 0.227 e. The van der Waals surface area contributed by atoms with E-state index in [2.05, 4.69) is 15.5 Å². The summed E-state index contributed by atoms with van der Waals surface area (Å²) >= 11 is 11.8. The monoisotopic (exact) mass is 343 g/mol. The van der Waals surface area contributed by atoms with E-state index in [0.29, 0.717) is 33.7 Å². The van der Waals surface area contributed by atoms with E-state index in [4.69, 9.17) is 27.7 Å². The van der Waals surface area contributed by atoms with Gasteiger partial charge in [-0.3, -0.25) is 4.79 Å². The minimum Gasteiger partial charge on any atom is -0.387 e. The number of carbonyl (C=O) groups is 1. The summed E-state index contributed by atoms with van der Waals surface area (Å²) in [6.07, 6.45) is -0.355. The Labute approximate surface area is 137 Å². The number of aromatic nitrogens is 2. The number of nitrogens with zero attached hydrogens (tertiary/aromatic N) is 2. The van der Waals surface area contributed by atoms with Crippen LogP contribution in [0.5, 0.6) is 0 Å². The Morgan fingerprint density at radius 2 is 2.23 bits per heavy atom. The summed E-state index contributed by atoms with van der Waals surface area (Å²) in [6.45, 7) is 1.77. The Morgan fingerprint density at radius 3 is 2.86 bits per heavy atom. The lowest BCUT2D eigenvalue weighted by Gasteiger charge is -2.13. The molecule has 6 nitrogen and oxygen atoms in total. The fourth-order valence-corrected chi connectivity index (χ4v) is 2.38. The molecule has 2 aromatic rings. The van der Waals surface area contributed by atoms with Crippen LogP contribution in [-0.4, -0.2) is 27.7 Å². The third-order valence-electron chi connectivity index (χ3n) is 2.95. The molecule has 1 aromatic carbocycles. The van der Waals surface area contributed by atoms with Gasteiger partial charge in [0.1, 0.15) is 0 Å². The maximum atomic E-state index is 11.7. The molecule has 2 N–H and O–H groups in total. The van der Waals surface area contributed by atoms with Crippen molar-refractivity contribution >= 4 is 29.1 Å². The molecule has 1 atom stereocenters. The molecule has 1 aromatic heterocycles. The molecule has 118 valence electrons. The molecule has 0 spiro atoms. The molecular formula is C14H15Cl2N3O3. The van der Waals surface area contributed by atoms with Gasteiger partial charge in [0.2, 0.25) is 11.8 Å². The van der Waals surface area contributed by atoms with Crippen LogP contribution in [0.15, 0.2) is 22.7 Å². The Balaban J connectivity index is 1.80. The predicted molar refractivity (Wildman–Crippen MR) is 81.8 cm³/mol. The van der Waals surface area contributed by atoms with Crippen molar-refractivity contribution in [2.45, 2.75) is 25.9 Å². The molecule has 0 radical (unpaired) electrons. The normalized spacial score (nSPS) is 12.2. The van der Waals surface area contributed by atoms with Gasteiger partial charge in [0, 0.05) is 35.0 Å². The largest absolute Gasteiger partial charge is 0.387 e. The first-order valence-electron chi connectivity index (χ1n) is 6.64. The van der Waals surface area contributed by atoms with Gasteiger partial charge in [-0.05, 0) is 19.1 Å². The van der Waals surface area contributed by atoms with Gasteiger partial charge in [0.05, 0.1) is 6.10 Å². The molecule has 2 rings (SSSR count). The summed E-state index contributed by atoms with van der Waals surface area (Å²) in [5.41, 5.74) is 0.513. The molecule has 0 bridgehead atoms. The molecule has 0 aliphatic carbocycles. The van der Waals surface area contributed by atoms with Crippen LogP contribution in [0.2, 0.25) is 10.0 Å². The SMILES string of the molecule is Cc1noc(CCC(=O)NCC(O)c2ccc(Cl)cc2Cl)n1. The second kappa shape index (κ2) is 7.58. The number of aliphatic hydroxyl groups is 1. The van der Waals surface area contributed by atoms with Gasteiger partial charge in [-0.2, -0.15) is 4.98 Å². The van der Waals surface area contributed by atoms with E-state index < -0.39 is 6.10 Å². The fraction of sp³-hybridized carbons (Fsp3) is 0.357. The molecule has 22 heavy (non-hydrogen) atoms. The topological polar surface area (TPSA) is 88.2 Å². The van der Waals surface area contributed by atoms with Gasteiger partial charge in [-0.15, -0.1) is 0 Å². The zero-order valence-corrected chi connectivity index (χ0v) is 13.4. The number of hydrogen-bond donors (Lipinski definition) is 2. The predicted octanol–water partition coefficient (Wildman–Crippen LogP) is 2.47. The van der Waals surface area contributed by atoms with Crippen molar-refractivity contribution in [2.24, 2.45) is 0 Å². The first-order valence-corrected chi connectivity index (χ1v) is 7.40. The number of hydrogen-bond acceptors (Lipinski definition) is 5. The summed E-state index contributed by atoms with van der Waals surface area (Å²) in [6, 6.07) is 4.80. The minimum atomic E-state index is -0.903. The molecule has 0 aliphatic heterocycles. The van der Waals surface area contributed by atoms with E-state index in [-0.39, 0.29) is 18.9 Å². The minimum absolute atomic E-state index is 0.0586. The van der Waals surface area contributed by atoms with Gasteiger partial charge >= 0.3 is 0 Å². The van der Waals surface area contributed by atoms with Gasteiger partial charge in [0.25, 0.3) is 0 Å². The number of nitrogens with one attached hydrogen (secondary N) is 1. The van der Waals surface area contributed by atoms with Crippen molar-refractivity contribution in [1.29, 1.82) is 0 Å². The first-order chi connectivity index (χ1) is 10.5. The zero-order chi connectivity index (χ0) is 16.1. The number of rotatable bonds is 6. The third-order valence-corrected chi connectivity index (χ3v) is 3.51. The standard InChI is InChI=1S/C14H15Cl2N3O3/c1-8-18-14(22-19-8)5-4-13(21)17-7-12(20)10-3-2-9(15)6-11(10)16/h2-3,6,12,20H,4-5,7H2,1H3,(H,17,21). The highest BCUT2D eigenvalue weighted by Crippen LogP contribution is 2.25. The van der Waals surface area contributed by atoms with Crippen LogP contribution in [-0.2, 0) is 11.2 Å². The van der Waals surface area contributed by atoms with Crippen molar-refractivity contribution in [3.63, 3.8) is 0 Å². The molecule has 1 amide bonds. The Hall–Kier alpha value is -1.63. The number of carbonyl (C=O) groups excluding carboxylic acids is 1. The van der Waals surface area contributed by atoms with Crippen LogP contribution >= 0.6 is 23.2 Å². The van der Waals surface area contributed by atoms with Gasteiger partial charge in [0.15, 0.2) is 5.82 Å². The van der Waals surface area contributed by atoms with Crippen LogP contribution in [0.3, 0.4) is 0 Å². The smallest absolute Gasteiger partial charge is 0.227 e. The Kier molecular flexibility index (Phi) is 5.76. The lowest BCUT2D eigenvalue weighted by Crippen LogP contribution is -2.28. The molecule has 1 unspecified atom stereocenters. The highest BCUT2D eigenvalue weighted by Gasteiger charge is 2.14. The van der Waals surface area contributed by atoms with E-state index in [1.807, 2.05) is 0 Å². The van der Waals surface area contributed by atoms with Crippen molar-refractivity contribution in [2.75, 3.05) is 6.54 Å². The van der Waals surface area contributed by atoms with Crippen molar-refractivity contribution in [3.05, 3.63) is 45.5 Å². The van der Waals surface area contributed by atoms with E-state index in [9.17, 15) is 9.90 Å². The number of benzene rings is 1. The molecule has 0 aliphatic rings. The summed E-state index contributed by atoms with van der Waals surface area (Å²) < 4.78 is 4.92. The van der Waals surface area contributed by atoms with E-state index >= 15 is 0 Å². The molecule has 0 fully saturated rings. The van der Waals surface area contributed by atoms with Gasteiger partial charge in [-0.25, -0.2) is 0 Å². The summed E-state index contributed by atoms with van der Waals surface area (Å²) in [5.74, 6) is 0.720.